The summed E-state index contributed by atoms with van der Waals surface area (Å²) in [6, 6.07) is 5.32. The fourth-order valence-corrected chi connectivity index (χ4v) is 5.21. The molecule has 0 saturated carbocycles. The number of aromatic nitrogens is 4. The molecule has 0 unspecified atom stereocenters. The smallest absolute Gasteiger partial charge is 0.231 e. The molecule has 1 fully saturated rings. The van der Waals surface area contributed by atoms with Crippen LogP contribution in [0.15, 0.2) is 24.5 Å². The van der Waals surface area contributed by atoms with Crippen molar-refractivity contribution in [2.24, 2.45) is 5.92 Å². The molecular formula is C24H29ClN6O2. The third-order valence-electron chi connectivity index (χ3n) is 6.78. The maximum Gasteiger partial charge on any atom is 0.231 e. The number of anilines is 2. The van der Waals surface area contributed by atoms with Crippen molar-refractivity contribution in [2.75, 3.05) is 37.0 Å². The number of rotatable bonds is 4. The highest BCUT2D eigenvalue weighted by Crippen LogP contribution is 2.34. The lowest BCUT2D eigenvalue weighted by Crippen LogP contribution is -2.44. The molecule has 0 N–H and O–H groups in total. The Bertz CT molecular complexity index is 1180. The van der Waals surface area contributed by atoms with E-state index in [4.69, 9.17) is 21.3 Å². The Kier molecular flexibility index (Phi) is 6.10. The third kappa shape index (κ3) is 4.12. The minimum Gasteiger partial charge on any atom is -0.495 e. The topological polar surface area (TPSA) is 76.4 Å². The summed E-state index contributed by atoms with van der Waals surface area (Å²) in [6.45, 7) is 2.40. The molecule has 1 amide bonds. The third-order valence-corrected chi connectivity index (χ3v) is 7.01. The van der Waals surface area contributed by atoms with Gasteiger partial charge < -0.3 is 19.1 Å². The second-order valence-electron chi connectivity index (χ2n) is 8.86. The second kappa shape index (κ2) is 9.17. The van der Waals surface area contributed by atoms with Crippen molar-refractivity contribution in [1.82, 2.24) is 19.5 Å². The van der Waals surface area contributed by atoms with E-state index in [1.54, 1.807) is 43.6 Å². The molecule has 9 heteroatoms. The molecule has 0 aliphatic carbocycles. The number of aryl methyl sites for hydroxylation is 2. The molecule has 2 aromatic heterocycles. The zero-order valence-corrected chi connectivity index (χ0v) is 19.9. The maximum atomic E-state index is 13.5. The van der Waals surface area contributed by atoms with Crippen LogP contribution in [0.1, 0.15) is 37.9 Å². The molecule has 8 nitrogen and oxygen atoms in total. The molecule has 4 heterocycles. The van der Waals surface area contributed by atoms with E-state index in [1.807, 2.05) is 0 Å². The van der Waals surface area contributed by atoms with Gasteiger partial charge in [-0.25, -0.2) is 15.0 Å². The Hall–Kier alpha value is -2.87. The highest BCUT2D eigenvalue weighted by Gasteiger charge is 2.31. The summed E-state index contributed by atoms with van der Waals surface area (Å²) in [4.78, 5) is 31.4. The van der Waals surface area contributed by atoms with E-state index in [0.29, 0.717) is 23.0 Å². The van der Waals surface area contributed by atoms with Crippen LogP contribution >= 0.6 is 11.6 Å². The lowest BCUT2D eigenvalue weighted by atomic mass is 9.96. The average Bonchev–Trinajstić information content (AvgIpc) is 3.03. The van der Waals surface area contributed by atoms with Crippen molar-refractivity contribution < 1.29 is 9.53 Å². The molecule has 0 bridgehead atoms. The van der Waals surface area contributed by atoms with E-state index >= 15 is 0 Å². The van der Waals surface area contributed by atoms with Crippen LogP contribution in [-0.2, 0) is 17.8 Å². The van der Waals surface area contributed by atoms with Gasteiger partial charge in [0.05, 0.1) is 18.7 Å². The summed E-state index contributed by atoms with van der Waals surface area (Å²) in [5.74, 6) is 2.45. The average molecular weight is 469 g/mol. The van der Waals surface area contributed by atoms with Gasteiger partial charge in [0.1, 0.15) is 17.9 Å². The summed E-state index contributed by atoms with van der Waals surface area (Å²) in [6.07, 6.45) is 7.88. The molecule has 1 saturated heterocycles. The van der Waals surface area contributed by atoms with Crippen molar-refractivity contribution in [1.29, 1.82) is 0 Å². The Labute approximate surface area is 198 Å². The second-order valence-corrected chi connectivity index (χ2v) is 9.29. The molecule has 2 aliphatic heterocycles. The number of piperidine rings is 1. The monoisotopic (exact) mass is 468 g/mol. The van der Waals surface area contributed by atoms with Crippen LogP contribution in [0.5, 0.6) is 5.75 Å². The number of nitrogens with zero attached hydrogens (tertiary/aromatic N) is 6. The number of benzene rings is 1. The van der Waals surface area contributed by atoms with E-state index in [-0.39, 0.29) is 11.8 Å². The summed E-state index contributed by atoms with van der Waals surface area (Å²) in [5, 5.41) is 0.568. The van der Waals surface area contributed by atoms with E-state index in [1.165, 1.54) is 6.42 Å². The highest BCUT2D eigenvalue weighted by atomic mass is 35.5. The number of amides is 1. The summed E-state index contributed by atoms with van der Waals surface area (Å²) in [7, 11) is 3.38. The summed E-state index contributed by atoms with van der Waals surface area (Å²) in [5.41, 5.74) is 2.44. The van der Waals surface area contributed by atoms with Crippen molar-refractivity contribution in [3.63, 3.8) is 0 Å². The maximum absolute atomic E-state index is 13.5. The van der Waals surface area contributed by atoms with Crippen LogP contribution < -0.4 is 14.5 Å². The molecule has 3 aromatic rings. The van der Waals surface area contributed by atoms with Crippen molar-refractivity contribution in [2.45, 2.75) is 45.1 Å². The molecule has 5 rings (SSSR count). The fraction of sp³-hybridized carbons (Fsp3) is 0.500. The van der Waals surface area contributed by atoms with Crippen molar-refractivity contribution in [3.05, 3.63) is 35.4 Å². The van der Waals surface area contributed by atoms with Crippen LogP contribution in [-0.4, -0.2) is 52.7 Å². The van der Waals surface area contributed by atoms with E-state index in [9.17, 15) is 4.79 Å². The van der Waals surface area contributed by atoms with Gasteiger partial charge in [-0.15, -0.1) is 0 Å². The molecule has 33 heavy (non-hydrogen) atoms. The Morgan fingerprint density at radius 1 is 1.18 bits per heavy atom. The van der Waals surface area contributed by atoms with Gasteiger partial charge in [-0.3, -0.25) is 4.79 Å². The molecule has 174 valence electrons. The number of fused-ring (bicyclic) bond motifs is 3. The fourth-order valence-electron chi connectivity index (χ4n) is 5.05. The van der Waals surface area contributed by atoms with Crippen LogP contribution in [0, 0.1) is 5.92 Å². The van der Waals surface area contributed by atoms with Crippen LogP contribution in [0.4, 0.5) is 11.5 Å². The van der Waals surface area contributed by atoms with E-state index in [0.717, 1.165) is 68.0 Å². The largest absolute Gasteiger partial charge is 0.495 e. The number of ether oxygens (including phenoxy) is 1. The van der Waals surface area contributed by atoms with E-state index in [2.05, 4.69) is 19.4 Å². The predicted octanol–water partition coefficient (Wildman–Crippen LogP) is 4.09. The van der Waals surface area contributed by atoms with Gasteiger partial charge in [0.2, 0.25) is 5.91 Å². The number of methoxy groups -OCH3 is 1. The quantitative estimate of drug-likeness (QED) is 0.574. The first-order chi connectivity index (χ1) is 16.1. The van der Waals surface area contributed by atoms with Gasteiger partial charge in [0, 0.05) is 38.1 Å². The number of hydrogen-bond acceptors (Lipinski definition) is 6. The predicted molar refractivity (Wildman–Crippen MR) is 129 cm³/mol. The normalized spacial score (nSPS) is 18.6. The Balaban J connectivity index is 1.41. The van der Waals surface area contributed by atoms with Gasteiger partial charge in [0.25, 0.3) is 0 Å². The SMILES string of the molecule is COc1ccc(Cl)cc1N(C)C(=O)[C@@H]1CCCN(c2ncnc3c2nc2n3CCCCC2)C1. The standard InChI is InChI=1S/C24H29ClN6O2/c1-29(18-13-17(25)9-10-19(18)33-2)24(32)16-7-6-11-30(14-16)22-21-23(27-15-26-22)31-12-5-3-4-8-20(31)28-21/h9-10,13,15-16H,3-8,11-12,14H2,1-2H3/t16-/m1/s1. The lowest BCUT2D eigenvalue weighted by molar-refractivity contribution is -0.122. The van der Waals surface area contributed by atoms with Crippen molar-refractivity contribution >= 4 is 40.2 Å². The first kappa shape index (κ1) is 21.9. The number of halogens is 1. The van der Waals surface area contributed by atoms with Gasteiger partial charge >= 0.3 is 0 Å². The minimum absolute atomic E-state index is 0.0474. The summed E-state index contributed by atoms with van der Waals surface area (Å²) >= 11 is 6.20. The van der Waals surface area contributed by atoms with Gasteiger partial charge in [-0.2, -0.15) is 0 Å². The number of imidazole rings is 1. The molecule has 0 radical (unpaired) electrons. The van der Waals surface area contributed by atoms with Crippen LogP contribution in [0.25, 0.3) is 11.2 Å². The molecule has 1 atom stereocenters. The van der Waals surface area contributed by atoms with Gasteiger partial charge in [-0.1, -0.05) is 18.0 Å². The summed E-state index contributed by atoms with van der Waals surface area (Å²) < 4.78 is 7.71. The molecule has 1 aromatic carbocycles. The van der Waals surface area contributed by atoms with E-state index < -0.39 is 0 Å². The van der Waals surface area contributed by atoms with Crippen LogP contribution in [0.3, 0.4) is 0 Å². The highest BCUT2D eigenvalue weighted by molar-refractivity contribution is 6.31. The first-order valence-electron chi connectivity index (χ1n) is 11.6. The number of carbonyl (C=O) groups excluding carboxylic acids is 1. The van der Waals surface area contributed by atoms with Gasteiger partial charge in [-0.05, 0) is 43.9 Å². The lowest BCUT2D eigenvalue weighted by Gasteiger charge is -2.34. The zero-order chi connectivity index (χ0) is 22.9. The van der Waals surface area contributed by atoms with Gasteiger partial charge in [0.15, 0.2) is 17.0 Å². The molecular weight excluding hydrogens is 440 g/mol. The zero-order valence-electron chi connectivity index (χ0n) is 19.1. The molecule has 0 spiro atoms. The minimum atomic E-state index is -0.155. The number of carbonyl (C=O) groups is 1. The first-order valence-corrected chi connectivity index (χ1v) is 12.0. The van der Waals surface area contributed by atoms with Crippen molar-refractivity contribution in [3.8, 4) is 5.75 Å². The molecule has 2 aliphatic rings. The Morgan fingerprint density at radius 2 is 2.06 bits per heavy atom. The van der Waals surface area contributed by atoms with Crippen LogP contribution in [0.2, 0.25) is 5.02 Å². The Morgan fingerprint density at radius 3 is 2.91 bits per heavy atom. The number of hydrogen-bond donors (Lipinski definition) is 0.